The number of ether oxygens (including phenoxy) is 1. The summed E-state index contributed by atoms with van der Waals surface area (Å²) in [5, 5.41) is 0.776. The van der Waals surface area contributed by atoms with E-state index in [2.05, 4.69) is 18.9 Å². The van der Waals surface area contributed by atoms with Gasteiger partial charge in [0.05, 0.1) is 6.10 Å². The highest BCUT2D eigenvalue weighted by Gasteiger charge is 2.27. The summed E-state index contributed by atoms with van der Waals surface area (Å²) in [6, 6.07) is 6.09. The van der Waals surface area contributed by atoms with Crippen LogP contribution in [0.5, 0.6) is 0 Å². The highest BCUT2D eigenvalue weighted by molar-refractivity contribution is 6.31. The molecule has 2 N–H and O–H groups in total. The molecule has 0 saturated carbocycles. The van der Waals surface area contributed by atoms with Crippen LogP contribution in [0.4, 0.5) is 5.69 Å². The van der Waals surface area contributed by atoms with Crippen molar-refractivity contribution in [2.75, 3.05) is 19.4 Å². The molecule has 2 rings (SSSR count). The Bertz CT molecular complexity index is 397. The predicted octanol–water partition coefficient (Wildman–Crippen LogP) is 2.53. The highest BCUT2D eigenvalue weighted by Crippen LogP contribution is 2.24. The van der Waals surface area contributed by atoms with E-state index in [1.54, 1.807) is 0 Å². The molecule has 0 aromatic heterocycles. The summed E-state index contributed by atoms with van der Waals surface area (Å²) in [4.78, 5) is 2.29. The number of benzene rings is 1. The normalized spacial score (nSPS) is 24.5. The maximum Gasteiger partial charge on any atom is 0.0703 e. The van der Waals surface area contributed by atoms with E-state index in [0.717, 1.165) is 35.8 Å². The van der Waals surface area contributed by atoms with E-state index < -0.39 is 0 Å². The Kier molecular flexibility index (Phi) is 3.92. The zero-order valence-corrected chi connectivity index (χ0v) is 11.1. The lowest BCUT2D eigenvalue weighted by atomic mass is 10.1. The molecule has 94 valence electrons. The van der Waals surface area contributed by atoms with Crippen molar-refractivity contribution < 1.29 is 4.74 Å². The molecule has 0 radical (unpaired) electrons. The Morgan fingerprint density at radius 1 is 1.53 bits per heavy atom. The zero-order valence-electron chi connectivity index (χ0n) is 10.3. The quantitative estimate of drug-likeness (QED) is 0.843. The van der Waals surface area contributed by atoms with Crippen LogP contribution >= 0.6 is 11.6 Å². The monoisotopic (exact) mass is 254 g/mol. The standard InChI is InChI=1S/C13H19ClN2O/c1-9-13(5-6-17-9)16(2)8-10-7-11(15)3-4-12(10)14/h3-4,7,9,13H,5-6,8,15H2,1-2H3. The first-order valence-electron chi connectivity index (χ1n) is 5.93. The van der Waals surface area contributed by atoms with Gasteiger partial charge in [-0.3, -0.25) is 4.90 Å². The number of hydrogen-bond acceptors (Lipinski definition) is 3. The van der Waals surface area contributed by atoms with E-state index in [1.165, 1.54) is 0 Å². The van der Waals surface area contributed by atoms with Gasteiger partial charge < -0.3 is 10.5 Å². The second kappa shape index (κ2) is 5.25. The average molecular weight is 255 g/mol. The Balaban J connectivity index is 2.07. The highest BCUT2D eigenvalue weighted by atomic mass is 35.5. The third-order valence-corrected chi connectivity index (χ3v) is 3.76. The minimum Gasteiger partial charge on any atom is -0.399 e. The second-order valence-electron chi connectivity index (χ2n) is 4.70. The van der Waals surface area contributed by atoms with Crippen molar-refractivity contribution in [3.8, 4) is 0 Å². The SMILES string of the molecule is CC1OCCC1N(C)Cc1cc(N)ccc1Cl. The Morgan fingerprint density at radius 2 is 2.29 bits per heavy atom. The van der Waals surface area contributed by atoms with Gasteiger partial charge in [-0.1, -0.05) is 11.6 Å². The van der Waals surface area contributed by atoms with Crippen LogP contribution in [0.2, 0.25) is 5.02 Å². The van der Waals surface area contributed by atoms with Gasteiger partial charge in [0.25, 0.3) is 0 Å². The van der Waals surface area contributed by atoms with Gasteiger partial charge in [0, 0.05) is 29.9 Å². The molecule has 17 heavy (non-hydrogen) atoms. The molecular formula is C13H19ClN2O. The van der Waals surface area contributed by atoms with Gasteiger partial charge in [-0.25, -0.2) is 0 Å². The van der Waals surface area contributed by atoms with Crippen molar-refractivity contribution >= 4 is 17.3 Å². The molecule has 0 amide bonds. The largest absolute Gasteiger partial charge is 0.399 e. The average Bonchev–Trinajstić information content (AvgIpc) is 2.70. The van der Waals surface area contributed by atoms with Crippen LogP contribution in [0.1, 0.15) is 18.9 Å². The van der Waals surface area contributed by atoms with Gasteiger partial charge in [-0.2, -0.15) is 0 Å². The van der Waals surface area contributed by atoms with E-state index in [0.29, 0.717) is 12.1 Å². The molecule has 0 bridgehead atoms. The summed E-state index contributed by atoms with van der Waals surface area (Å²) in [5.41, 5.74) is 7.62. The lowest BCUT2D eigenvalue weighted by Gasteiger charge is -2.27. The van der Waals surface area contributed by atoms with E-state index >= 15 is 0 Å². The van der Waals surface area contributed by atoms with Crippen molar-refractivity contribution in [2.24, 2.45) is 0 Å². The maximum absolute atomic E-state index is 6.17. The minimum absolute atomic E-state index is 0.292. The third kappa shape index (κ3) is 2.92. The molecule has 0 spiro atoms. The fourth-order valence-electron chi connectivity index (χ4n) is 2.40. The summed E-state index contributed by atoms with van der Waals surface area (Å²) >= 11 is 6.17. The molecule has 0 aliphatic carbocycles. The lowest BCUT2D eigenvalue weighted by Crippen LogP contribution is -2.36. The molecule has 1 fully saturated rings. The van der Waals surface area contributed by atoms with Crippen molar-refractivity contribution in [1.82, 2.24) is 4.90 Å². The van der Waals surface area contributed by atoms with Crippen LogP contribution in [-0.2, 0) is 11.3 Å². The van der Waals surface area contributed by atoms with Crippen molar-refractivity contribution in [1.29, 1.82) is 0 Å². The van der Waals surface area contributed by atoms with Gasteiger partial charge in [-0.15, -0.1) is 0 Å². The fourth-order valence-corrected chi connectivity index (χ4v) is 2.58. The molecule has 2 atom stereocenters. The number of anilines is 1. The third-order valence-electron chi connectivity index (χ3n) is 3.39. The van der Waals surface area contributed by atoms with Gasteiger partial charge >= 0.3 is 0 Å². The van der Waals surface area contributed by atoms with Crippen LogP contribution in [0, 0.1) is 0 Å². The van der Waals surface area contributed by atoms with E-state index in [9.17, 15) is 0 Å². The first kappa shape index (κ1) is 12.7. The Labute approximate surface area is 107 Å². The minimum atomic E-state index is 0.292. The van der Waals surface area contributed by atoms with Crippen LogP contribution in [0.3, 0.4) is 0 Å². The van der Waals surface area contributed by atoms with Gasteiger partial charge in [-0.05, 0) is 44.2 Å². The molecule has 1 aliphatic rings. The number of nitrogen functional groups attached to an aromatic ring is 1. The van der Waals surface area contributed by atoms with Crippen molar-refractivity contribution in [3.63, 3.8) is 0 Å². The number of halogens is 1. The lowest BCUT2D eigenvalue weighted by molar-refractivity contribution is 0.0814. The summed E-state index contributed by atoms with van der Waals surface area (Å²) < 4.78 is 5.58. The zero-order chi connectivity index (χ0) is 12.4. The number of nitrogens with two attached hydrogens (primary N) is 1. The van der Waals surface area contributed by atoms with E-state index in [1.807, 2.05) is 18.2 Å². The Morgan fingerprint density at radius 3 is 2.94 bits per heavy atom. The molecular weight excluding hydrogens is 236 g/mol. The fraction of sp³-hybridized carbons (Fsp3) is 0.538. The van der Waals surface area contributed by atoms with Gasteiger partial charge in [0.15, 0.2) is 0 Å². The topological polar surface area (TPSA) is 38.5 Å². The van der Waals surface area contributed by atoms with Crippen LogP contribution < -0.4 is 5.73 Å². The van der Waals surface area contributed by atoms with Crippen LogP contribution in [0.15, 0.2) is 18.2 Å². The van der Waals surface area contributed by atoms with E-state index in [-0.39, 0.29) is 0 Å². The van der Waals surface area contributed by atoms with Gasteiger partial charge in [0.2, 0.25) is 0 Å². The molecule has 1 saturated heterocycles. The van der Waals surface area contributed by atoms with Crippen molar-refractivity contribution in [2.45, 2.75) is 32.0 Å². The molecule has 1 aliphatic heterocycles. The summed E-state index contributed by atoms with van der Waals surface area (Å²) in [5.74, 6) is 0. The Hall–Kier alpha value is -0.770. The molecule has 4 heteroatoms. The van der Waals surface area contributed by atoms with Crippen molar-refractivity contribution in [3.05, 3.63) is 28.8 Å². The molecule has 1 heterocycles. The molecule has 2 unspecified atom stereocenters. The molecule has 1 aromatic rings. The number of nitrogens with zero attached hydrogens (tertiary/aromatic N) is 1. The van der Waals surface area contributed by atoms with Crippen LogP contribution in [-0.4, -0.2) is 30.7 Å². The number of rotatable bonds is 3. The van der Waals surface area contributed by atoms with E-state index in [4.69, 9.17) is 22.1 Å². The first-order chi connectivity index (χ1) is 8.08. The molecule has 3 nitrogen and oxygen atoms in total. The second-order valence-corrected chi connectivity index (χ2v) is 5.11. The summed E-state index contributed by atoms with van der Waals surface area (Å²) in [6.45, 7) is 3.78. The first-order valence-corrected chi connectivity index (χ1v) is 6.31. The smallest absolute Gasteiger partial charge is 0.0703 e. The van der Waals surface area contributed by atoms with Gasteiger partial charge in [0.1, 0.15) is 0 Å². The summed E-state index contributed by atoms with van der Waals surface area (Å²) in [7, 11) is 2.11. The predicted molar refractivity (Wildman–Crippen MR) is 71.2 cm³/mol. The number of likely N-dealkylation sites (N-methyl/N-ethyl adjacent to an activating group) is 1. The summed E-state index contributed by atoms with van der Waals surface area (Å²) in [6.07, 6.45) is 1.37. The molecule has 1 aromatic carbocycles. The van der Waals surface area contributed by atoms with Crippen LogP contribution in [0.25, 0.3) is 0 Å². The maximum atomic E-state index is 6.17. The number of hydrogen-bond donors (Lipinski definition) is 1.